The monoisotopic (exact) mass is 205 g/mol. The number of benzene rings is 1. The smallest absolute Gasteiger partial charge is 0.165 e. The van der Waals surface area contributed by atoms with E-state index in [0.717, 1.165) is 29.4 Å². The molecule has 14 heavy (non-hydrogen) atoms. The molecule has 0 saturated carbocycles. The number of aromatic nitrogens is 2. The van der Waals surface area contributed by atoms with Crippen LogP contribution in [0.25, 0.3) is 11.3 Å². The maximum Gasteiger partial charge on any atom is 0.165 e. The summed E-state index contributed by atoms with van der Waals surface area (Å²) < 4.78 is 8.12. The van der Waals surface area contributed by atoms with Crippen molar-refractivity contribution >= 4 is 17.5 Å². The summed E-state index contributed by atoms with van der Waals surface area (Å²) in [5.74, 6) is 0.517. The Kier molecular flexibility index (Phi) is 2.45. The minimum Gasteiger partial charge on any atom is -0.381 e. The summed E-state index contributed by atoms with van der Waals surface area (Å²) in [5, 5.41) is 0. The van der Waals surface area contributed by atoms with E-state index in [1.54, 1.807) is 0 Å². The van der Waals surface area contributed by atoms with Gasteiger partial charge in [-0.2, -0.15) is 8.75 Å². The van der Waals surface area contributed by atoms with Gasteiger partial charge in [0.25, 0.3) is 0 Å². The highest BCUT2D eigenvalue weighted by Crippen LogP contribution is 2.24. The molecule has 2 N–H and O–H groups in total. The number of aryl methyl sites for hydroxylation is 1. The molecule has 0 aliphatic heterocycles. The first-order valence-corrected chi connectivity index (χ1v) is 5.21. The molecule has 2 rings (SSSR count). The fourth-order valence-electron chi connectivity index (χ4n) is 1.33. The SMILES string of the molecule is CCc1cccc(-c2nsnc2N)c1. The van der Waals surface area contributed by atoms with Crippen molar-refractivity contribution in [2.24, 2.45) is 0 Å². The summed E-state index contributed by atoms with van der Waals surface area (Å²) >= 11 is 1.15. The summed E-state index contributed by atoms with van der Waals surface area (Å²) in [6.45, 7) is 2.13. The molecule has 1 aromatic carbocycles. The van der Waals surface area contributed by atoms with Crippen LogP contribution in [0.2, 0.25) is 0 Å². The molecule has 0 unspecified atom stereocenters. The van der Waals surface area contributed by atoms with Crippen LogP contribution >= 0.6 is 11.7 Å². The zero-order valence-corrected chi connectivity index (χ0v) is 8.71. The molecule has 0 saturated heterocycles. The Hall–Kier alpha value is -1.42. The highest BCUT2D eigenvalue weighted by Gasteiger charge is 2.06. The van der Waals surface area contributed by atoms with Gasteiger partial charge in [-0.1, -0.05) is 25.1 Å². The first kappa shape index (κ1) is 9.15. The highest BCUT2D eigenvalue weighted by molar-refractivity contribution is 6.99. The van der Waals surface area contributed by atoms with Crippen LogP contribution in [0.4, 0.5) is 5.82 Å². The lowest BCUT2D eigenvalue weighted by Gasteiger charge is -2.00. The Morgan fingerprint density at radius 2 is 2.21 bits per heavy atom. The van der Waals surface area contributed by atoms with Gasteiger partial charge in [-0.15, -0.1) is 0 Å². The lowest BCUT2D eigenvalue weighted by molar-refractivity contribution is 1.14. The Morgan fingerprint density at radius 1 is 1.36 bits per heavy atom. The van der Waals surface area contributed by atoms with Crippen LogP contribution in [0, 0.1) is 0 Å². The summed E-state index contributed by atoms with van der Waals surface area (Å²) in [5.41, 5.74) is 8.84. The van der Waals surface area contributed by atoms with Crippen molar-refractivity contribution in [1.82, 2.24) is 8.75 Å². The van der Waals surface area contributed by atoms with Crippen molar-refractivity contribution in [3.8, 4) is 11.3 Å². The average molecular weight is 205 g/mol. The molecule has 3 nitrogen and oxygen atoms in total. The number of nitrogen functional groups attached to an aromatic ring is 1. The van der Waals surface area contributed by atoms with Crippen molar-refractivity contribution in [3.63, 3.8) is 0 Å². The van der Waals surface area contributed by atoms with Gasteiger partial charge in [0.15, 0.2) is 5.82 Å². The maximum atomic E-state index is 5.70. The van der Waals surface area contributed by atoms with Crippen LogP contribution < -0.4 is 5.73 Å². The first-order chi connectivity index (χ1) is 6.81. The van der Waals surface area contributed by atoms with E-state index in [1.807, 2.05) is 12.1 Å². The Balaban J connectivity index is 2.47. The highest BCUT2D eigenvalue weighted by atomic mass is 32.1. The summed E-state index contributed by atoms with van der Waals surface area (Å²) in [6, 6.07) is 8.23. The molecule has 4 heteroatoms. The molecular formula is C10H11N3S. The molecule has 1 aromatic heterocycles. The van der Waals surface area contributed by atoms with Gasteiger partial charge in [0.1, 0.15) is 5.69 Å². The van der Waals surface area contributed by atoms with E-state index < -0.39 is 0 Å². The van der Waals surface area contributed by atoms with E-state index in [4.69, 9.17) is 5.73 Å². The lowest BCUT2D eigenvalue weighted by atomic mass is 10.1. The maximum absolute atomic E-state index is 5.70. The minimum absolute atomic E-state index is 0.517. The third-order valence-corrected chi connectivity index (χ3v) is 2.67. The summed E-state index contributed by atoms with van der Waals surface area (Å²) in [4.78, 5) is 0. The third-order valence-electron chi connectivity index (χ3n) is 2.12. The van der Waals surface area contributed by atoms with E-state index >= 15 is 0 Å². The number of hydrogen-bond acceptors (Lipinski definition) is 4. The summed E-state index contributed by atoms with van der Waals surface area (Å²) in [6.07, 6.45) is 1.02. The summed E-state index contributed by atoms with van der Waals surface area (Å²) in [7, 11) is 0. The largest absolute Gasteiger partial charge is 0.381 e. The topological polar surface area (TPSA) is 51.8 Å². The van der Waals surface area contributed by atoms with Crippen molar-refractivity contribution in [2.45, 2.75) is 13.3 Å². The second-order valence-corrected chi connectivity index (χ2v) is 3.58. The number of nitrogens with zero attached hydrogens (tertiary/aromatic N) is 2. The Morgan fingerprint density at radius 3 is 2.86 bits per heavy atom. The number of anilines is 1. The zero-order chi connectivity index (χ0) is 9.97. The van der Waals surface area contributed by atoms with Crippen molar-refractivity contribution in [1.29, 1.82) is 0 Å². The van der Waals surface area contributed by atoms with Gasteiger partial charge in [-0.3, -0.25) is 0 Å². The van der Waals surface area contributed by atoms with Gasteiger partial charge >= 0.3 is 0 Å². The molecule has 0 bridgehead atoms. The second kappa shape index (κ2) is 3.75. The first-order valence-electron chi connectivity index (χ1n) is 4.48. The van der Waals surface area contributed by atoms with Gasteiger partial charge in [-0.25, -0.2) is 0 Å². The number of rotatable bonds is 2. The van der Waals surface area contributed by atoms with Gasteiger partial charge in [-0.05, 0) is 18.1 Å². The van der Waals surface area contributed by atoms with Crippen LogP contribution in [0.1, 0.15) is 12.5 Å². The predicted octanol–water partition coefficient (Wildman–Crippen LogP) is 2.35. The molecule has 0 atom stereocenters. The van der Waals surface area contributed by atoms with Crippen LogP contribution in [0.15, 0.2) is 24.3 Å². The predicted molar refractivity (Wildman–Crippen MR) is 59.1 cm³/mol. The minimum atomic E-state index is 0.517. The molecule has 0 aliphatic carbocycles. The standard InChI is InChI=1S/C10H11N3S/c1-2-7-4-3-5-8(6-7)9-10(11)13-14-12-9/h3-6H,2H2,1H3,(H2,11,13). The van der Waals surface area contributed by atoms with Crippen molar-refractivity contribution in [2.75, 3.05) is 5.73 Å². The number of hydrogen-bond donors (Lipinski definition) is 1. The molecule has 0 fully saturated rings. The Labute approximate surface area is 86.9 Å². The van der Waals surface area contributed by atoms with Gasteiger partial charge in [0.05, 0.1) is 11.7 Å². The molecule has 0 spiro atoms. The van der Waals surface area contributed by atoms with Crippen molar-refractivity contribution < 1.29 is 0 Å². The fourth-order valence-corrected chi connectivity index (χ4v) is 1.83. The second-order valence-electron chi connectivity index (χ2n) is 3.05. The quantitative estimate of drug-likeness (QED) is 0.818. The zero-order valence-electron chi connectivity index (χ0n) is 7.90. The van der Waals surface area contributed by atoms with Crippen LogP contribution in [0.5, 0.6) is 0 Å². The van der Waals surface area contributed by atoms with E-state index in [1.165, 1.54) is 5.56 Å². The number of nitrogens with two attached hydrogens (primary N) is 1. The normalized spacial score (nSPS) is 10.4. The molecular weight excluding hydrogens is 194 g/mol. The Bertz CT molecular complexity index is 436. The van der Waals surface area contributed by atoms with Gasteiger partial charge in [0.2, 0.25) is 0 Å². The van der Waals surface area contributed by atoms with Crippen molar-refractivity contribution in [3.05, 3.63) is 29.8 Å². The molecule has 0 aliphatic rings. The third kappa shape index (κ3) is 1.61. The molecule has 0 amide bonds. The van der Waals surface area contributed by atoms with Crippen LogP contribution in [-0.4, -0.2) is 8.75 Å². The van der Waals surface area contributed by atoms with E-state index in [9.17, 15) is 0 Å². The molecule has 1 heterocycles. The van der Waals surface area contributed by atoms with Gasteiger partial charge in [0, 0.05) is 5.56 Å². The van der Waals surface area contributed by atoms with E-state index in [0.29, 0.717) is 5.82 Å². The molecule has 72 valence electrons. The van der Waals surface area contributed by atoms with Crippen LogP contribution in [0.3, 0.4) is 0 Å². The average Bonchev–Trinajstić information content (AvgIpc) is 2.65. The lowest BCUT2D eigenvalue weighted by Crippen LogP contribution is -1.89. The van der Waals surface area contributed by atoms with E-state index in [2.05, 4.69) is 27.8 Å². The molecule has 2 aromatic rings. The fraction of sp³-hybridized carbons (Fsp3) is 0.200. The van der Waals surface area contributed by atoms with Gasteiger partial charge < -0.3 is 5.73 Å². The van der Waals surface area contributed by atoms with Crippen LogP contribution in [-0.2, 0) is 6.42 Å². The molecule has 0 radical (unpaired) electrons. The van der Waals surface area contributed by atoms with E-state index in [-0.39, 0.29) is 0 Å².